The molecule has 0 saturated carbocycles. The number of rotatable bonds is 2. The summed E-state index contributed by atoms with van der Waals surface area (Å²) in [6, 6.07) is 1.67. The Labute approximate surface area is 102 Å². The van der Waals surface area contributed by atoms with E-state index >= 15 is 0 Å². The van der Waals surface area contributed by atoms with Crippen LogP contribution in [0.3, 0.4) is 0 Å². The number of hydrogen-bond acceptors (Lipinski definition) is 4. The van der Waals surface area contributed by atoms with Crippen molar-refractivity contribution in [2.45, 2.75) is 30.2 Å². The fourth-order valence-corrected chi connectivity index (χ4v) is 3.40. The summed E-state index contributed by atoms with van der Waals surface area (Å²) in [6.45, 7) is 3.60. The molecule has 2 heterocycles. The van der Waals surface area contributed by atoms with Crippen LogP contribution in [-0.4, -0.2) is 32.5 Å². The van der Waals surface area contributed by atoms with Crippen LogP contribution in [0.2, 0.25) is 5.15 Å². The molecule has 1 aliphatic heterocycles. The van der Waals surface area contributed by atoms with Gasteiger partial charge in [-0.15, -0.1) is 0 Å². The molecule has 1 saturated heterocycles. The first-order valence-electron chi connectivity index (χ1n) is 5.29. The van der Waals surface area contributed by atoms with E-state index in [-0.39, 0.29) is 5.25 Å². The largest absolute Gasteiger partial charge is 0.316 e. The van der Waals surface area contributed by atoms with Crippen LogP contribution in [-0.2, 0) is 10.8 Å². The Morgan fingerprint density at radius 2 is 2.38 bits per heavy atom. The highest BCUT2D eigenvalue weighted by Gasteiger charge is 2.23. The number of hydrogen-bond donors (Lipinski definition) is 1. The van der Waals surface area contributed by atoms with E-state index in [1.165, 1.54) is 0 Å². The van der Waals surface area contributed by atoms with Gasteiger partial charge < -0.3 is 5.32 Å². The lowest BCUT2D eigenvalue weighted by atomic mass is 10.2. The summed E-state index contributed by atoms with van der Waals surface area (Å²) >= 11 is 5.83. The van der Waals surface area contributed by atoms with Gasteiger partial charge >= 0.3 is 0 Å². The SMILES string of the molecule is Cc1cc(Cl)nc([S@@](=O)[C@@H]2CCCNC2)n1. The van der Waals surface area contributed by atoms with E-state index in [2.05, 4.69) is 15.3 Å². The molecule has 0 aromatic carbocycles. The quantitative estimate of drug-likeness (QED) is 0.643. The van der Waals surface area contributed by atoms with Crippen molar-refractivity contribution in [1.82, 2.24) is 15.3 Å². The lowest BCUT2D eigenvalue weighted by molar-refractivity contribution is 0.517. The Morgan fingerprint density at radius 3 is 3.00 bits per heavy atom. The van der Waals surface area contributed by atoms with Crippen LogP contribution in [0.15, 0.2) is 11.2 Å². The van der Waals surface area contributed by atoms with Gasteiger partial charge in [-0.05, 0) is 32.4 Å². The predicted octanol–water partition coefficient (Wildman–Crippen LogP) is 1.30. The minimum atomic E-state index is -1.16. The van der Waals surface area contributed by atoms with E-state index in [9.17, 15) is 4.21 Å². The molecular formula is C10H14ClN3OS. The maximum atomic E-state index is 12.2. The molecule has 0 aliphatic carbocycles. The molecule has 0 spiro atoms. The molecule has 0 bridgehead atoms. The van der Waals surface area contributed by atoms with Gasteiger partial charge in [0, 0.05) is 12.2 Å². The molecule has 0 amide bonds. The second-order valence-corrected chi connectivity index (χ2v) is 5.89. The third-order valence-electron chi connectivity index (χ3n) is 2.54. The van der Waals surface area contributed by atoms with Crippen LogP contribution in [0.4, 0.5) is 0 Å². The van der Waals surface area contributed by atoms with Crippen molar-refractivity contribution in [2.75, 3.05) is 13.1 Å². The summed E-state index contributed by atoms with van der Waals surface area (Å²) in [5.41, 5.74) is 0.757. The molecule has 1 aromatic rings. The van der Waals surface area contributed by atoms with Crippen LogP contribution in [0.25, 0.3) is 0 Å². The van der Waals surface area contributed by atoms with Gasteiger partial charge in [0.2, 0.25) is 5.16 Å². The Hall–Kier alpha value is -0.520. The molecule has 2 atom stereocenters. The fourth-order valence-electron chi connectivity index (χ4n) is 1.75. The first-order chi connectivity index (χ1) is 7.66. The second-order valence-electron chi connectivity index (χ2n) is 3.88. The van der Waals surface area contributed by atoms with Gasteiger partial charge in [0.05, 0.1) is 16.0 Å². The average molecular weight is 260 g/mol. The van der Waals surface area contributed by atoms with E-state index in [4.69, 9.17) is 11.6 Å². The Balaban J connectivity index is 2.19. The van der Waals surface area contributed by atoms with Crippen molar-refractivity contribution >= 4 is 22.4 Å². The maximum absolute atomic E-state index is 12.2. The lowest BCUT2D eigenvalue weighted by Crippen LogP contribution is -2.36. The van der Waals surface area contributed by atoms with Crippen LogP contribution in [0, 0.1) is 6.92 Å². The smallest absolute Gasteiger partial charge is 0.220 e. The summed E-state index contributed by atoms with van der Waals surface area (Å²) in [4.78, 5) is 8.22. The summed E-state index contributed by atoms with van der Waals surface area (Å²) in [5.74, 6) is 0. The van der Waals surface area contributed by atoms with Crippen LogP contribution >= 0.6 is 11.6 Å². The fraction of sp³-hybridized carbons (Fsp3) is 0.600. The van der Waals surface area contributed by atoms with Crippen molar-refractivity contribution in [1.29, 1.82) is 0 Å². The monoisotopic (exact) mass is 259 g/mol. The van der Waals surface area contributed by atoms with Gasteiger partial charge in [-0.3, -0.25) is 4.21 Å². The zero-order chi connectivity index (χ0) is 11.5. The first-order valence-corrected chi connectivity index (χ1v) is 6.88. The third kappa shape index (κ3) is 2.78. The minimum Gasteiger partial charge on any atom is -0.316 e. The molecule has 4 nitrogen and oxygen atoms in total. The van der Waals surface area contributed by atoms with Gasteiger partial charge in [-0.1, -0.05) is 11.6 Å². The Morgan fingerprint density at radius 1 is 1.56 bits per heavy atom. The molecule has 6 heteroatoms. The van der Waals surface area contributed by atoms with Gasteiger partial charge in [-0.2, -0.15) is 0 Å². The molecule has 2 rings (SSSR count). The molecular weight excluding hydrogens is 246 g/mol. The van der Waals surface area contributed by atoms with Crippen molar-refractivity contribution < 1.29 is 4.21 Å². The zero-order valence-electron chi connectivity index (χ0n) is 9.07. The molecule has 88 valence electrons. The van der Waals surface area contributed by atoms with E-state index in [1.54, 1.807) is 6.07 Å². The van der Waals surface area contributed by atoms with Crippen LogP contribution in [0.1, 0.15) is 18.5 Å². The van der Waals surface area contributed by atoms with Crippen LogP contribution in [0.5, 0.6) is 0 Å². The summed E-state index contributed by atoms with van der Waals surface area (Å²) < 4.78 is 12.2. The number of aromatic nitrogens is 2. The Bertz CT molecular complexity index is 387. The number of aryl methyl sites for hydroxylation is 1. The highest BCUT2D eigenvalue weighted by Crippen LogP contribution is 2.16. The van der Waals surface area contributed by atoms with E-state index in [0.717, 1.165) is 31.6 Å². The summed E-state index contributed by atoms with van der Waals surface area (Å²) in [5, 5.41) is 4.06. The molecule has 1 aliphatic rings. The molecule has 1 aromatic heterocycles. The number of piperidine rings is 1. The summed E-state index contributed by atoms with van der Waals surface area (Å²) in [7, 11) is -1.16. The van der Waals surface area contributed by atoms with Gasteiger partial charge in [0.1, 0.15) is 5.15 Å². The average Bonchev–Trinajstić information content (AvgIpc) is 2.28. The number of halogens is 1. The normalized spacial score (nSPS) is 23.0. The number of nitrogens with one attached hydrogen (secondary N) is 1. The zero-order valence-corrected chi connectivity index (χ0v) is 10.6. The highest BCUT2D eigenvalue weighted by atomic mass is 35.5. The standard InChI is InChI=1S/C10H14ClN3OS/c1-7-5-9(11)14-10(13-7)16(15)8-3-2-4-12-6-8/h5,8,12H,2-4,6H2,1H3/t8-,16+/m1/s1. The Kier molecular flexibility index (Phi) is 3.89. The van der Waals surface area contributed by atoms with Crippen LogP contribution < -0.4 is 5.32 Å². The van der Waals surface area contributed by atoms with Gasteiger partial charge in [0.25, 0.3) is 0 Å². The highest BCUT2D eigenvalue weighted by molar-refractivity contribution is 7.85. The van der Waals surface area contributed by atoms with Crippen molar-refractivity contribution in [3.8, 4) is 0 Å². The van der Waals surface area contributed by atoms with E-state index < -0.39 is 10.8 Å². The first kappa shape index (κ1) is 12.0. The molecule has 16 heavy (non-hydrogen) atoms. The van der Waals surface area contributed by atoms with E-state index in [1.807, 2.05) is 6.92 Å². The second kappa shape index (κ2) is 5.21. The van der Waals surface area contributed by atoms with Gasteiger partial charge in [-0.25, -0.2) is 9.97 Å². The topological polar surface area (TPSA) is 54.9 Å². The molecule has 0 radical (unpaired) electrons. The van der Waals surface area contributed by atoms with E-state index in [0.29, 0.717) is 10.3 Å². The number of nitrogens with zero attached hydrogens (tertiary/aromatic N) is 2. The predicted molar refractivity (Wildman–Crippen MR) is 64.1 cm³/mol. The van der Waals surface area contributed by atoms with Crippen molar-refractivity contribution in [2.24, 2.45) is 0 Å². The van der Waals surface area contributed by atoms with Crippen molar-refractivity contribution in [3.05, 3.63) is 16.9 Å². The third-order valence-corrected chi connectivity index (χ3v) is 4.28. The van der Waals surface area contributed by atoms with Crippen molar-refractivity contribution in [3.63, 3.8) is 0 Å². The molecule has 0 unspecified atom stereocenters. The molecule has 1 N–H and O–H groups in total. The molecule has 1 fully saturated rings. The lowest BCUT2D eigenvalue weighted by Gasteiger charge is -2.21. The maximum Gasteiger partial charge on any atom is 0.220 e. The van der Waals surface area contributed by atoms with Gasteiger partial charge in [0.15, 0.2) is 0 Å². The minimum absolute atomic E-state index is 0.103. The summed E-state index contributed by atoms with van der Waals surface area (Å²) in [6.07, 6.45) is 2.00.